The topological polar surface area (TPSA) is 41.5 Å². The second-order valence-electron chi connectivity index (χ2n) is 7.80. The van der Waals surface area contributed by atoms with Gasteiger partial charge < -0.3 is 15.2 Å². The lowest BCUT2D eigenvalue weighted by Crippen LogP contribution is -2.30. The van der Waals surface area contributed by atoms with E-state index in [0.717, 1.165) is 18.7 Å². The van der Waals surface area contributed by atoms with Gasteiger partial charge in [0.25, 0.3) is 0 Å². The summed E-state index contributed by atoms with van der Waals surface area (Å²) in [6.07, 6.45) is 0.598. The van der Waals surface area contributed by atoms with Crippen molar-refractivity contribution in [3.8, 4) is 5.75 Å². The average molecular weight is 420 g/mol. The van der Waals surface area contributed by atoms with Crippen LogP contribution < -0.4 is 10.1 Å². The smallest absolute Gasteiger partial charge is 0.123 e. The zero-order valence-electron chi connectivity index (χ0n) is 17.4. The van der Waals surface area contributed by atoms with Crippen molar-refractivity contribution in [3.63, 3.8) is 0 Å². The van der Waals surface area contributed by atoms with Gasteiger partial charge in [0.05, 0.1) is 6.10 Å². The molecule has 3 aromatic carbocycles. The van der Waals surface area contributed by atoms with Crippen molar-refractivity contribution in [2.45, 2.75) is 36.9 Å². The van der Waals surface area contributed by atoms with Gasteiger partial charge in [0.15, 0.2) is 0 Å². The number of aliphatic hydroxyl groups is 1. The maximum atomic E-state index is 10.4. The summed E-state index contributed by atoms with van der Waals surface area (Å²) in [5, 5.41) is 13.9. The number of rotatable bonds is 8. The van der Waals surface area contributed by atoms with E-state index in [1.807, 2.05) is 18.2 Å². The molecule has 0 bridgehead atoms. The van der Waals surface area contributed by atoms with Crippen molar-refractivity contribution in [2.75, 3.05) is 18.8 Å². The minimum absolute atomic E-state index is 0.297. The van der Waals surface area contributed by atoms with E-state index in [9.17, 15) is 5.11 Å². The molecule has 156 valence electrons. The molecule has 1 aliphatic heterocycles. The maximum absolute atomic E-state index is 10.4. The largest absolute Gasteiger partial charge is 0.489 e. The summed E-state index contributed by atoms with van der Waals surface area (Å²) in [6.45, 7) is 4.18. The third kappa shape index (κ3) is 5.07. The summed E-state index contributed by atoms with van der Waals surface area (Å²) in [7, 11) is 0. The fourth-order valence-electron chi connectivity index (χ4n) is 4.02. The van der Waals surface area contributed by atoms with Gasteiger partial charge in [-0.2, -0.15) is 0 Å². The Balaban J connectivity index is 1.33. The molecule has 1 heterocycles. The van der Waals surface area contributed by atoms with Crippen LogP contribution in [0.3, 0.4) is 0 Å². The molecule has 1 aliphatic rings. The Morgan fingerprint density at radius 3 is 2.60 bits per heavy atom. The quantitative estimate of drug-likeness (QED) is 0.391. The van der Waals surface area contributed by atoms with E-state index in [4.69, 9.17) is 4.74 Å². The van der Waals surface area contributed by atoms with Gasteiger partial charge in [-0.25, -0.2) is 0 Å². The Kier molecular flexibility index (Phi) is 7.11. The number of aliphatic hydroxyl groups excluding tert-OH is 1. The van der Waals surface area contributed by atoms with Crippen LogP contribution in [-0.2, 0) is 6.61 Å². The molecule has 4 rings (SSSR count). The molecule has 0 radical (unpaired) electrons. The highest BCUT2D eigenvalue weighted by Crippen LogP contribution is 2.38. The van der Waals surface area contributed by atoms with Crippen LogP contribution in [0.4, 0.5) is 0 Å². The minimum atomic E-state index is -0.369. The number of thioether (sulfide) groups is 1. The molecule has 2 atom stereocenters. The second kappa shape index (κ2) is 10.2. The Morgan fingerprint density at radius 1 is 1.00 bits per heavy atom. The van der Waals surface area contributed by atoms with Crippen LogP contribution in [0.5, 0.6) is 5.75 Å². The molecule has 3 nitrogen and oxygen atoms in total. The van der Waals surface area contributed by atoms with Crippen molar-refractivity contribution in [3.05, 3.63) is 95.1 Å². The molecule has 3 aromatic rings. The van der Waals surface area contributed by atoms with Crippen LogP contribution in [0.25, 0.3) is 0 Å². The lowest BCUT2D eigenvalue weighted by molar-refractivity contribution is 0.195. The number of benzene rings is 3. The molecular weight excluding hydrogens is 390 g/mol. The summed E-state index contributed by atoms with van der Waals surface area (Å²) in [5.41, 5.74) is 5.11. The molecule has 0 aliphatic carbocycles. The van der Waals surface area contributed by atoms with Gasteiger partial charge in [-0.3, -0.25) is 0 Å². The molecule has 0 fully saturated rings. The molecule has 4 heteroatoms. The molecule has 2 unspecified atom stereocenters. The monoisotopic (exact) mass is 419 g/mol. The van der Waals surface area contributed by atoms with Crippen LogP contribution in [0.15, 0.2) is 77.7 Å². The van der Waals surface area contributed by atoms with Gasteiger partial charge in [-0.05, 0) is 48.7 Å². The minimum Gasteiger partial charge on any atom is -0.489 e. The number of nitrogens with one attached hydrogen (secondary N) is 1. The van der Waals surface area contributed by atoms with E-state index in [2.05, 4.69) is 66.8 Å². The van der Waals surface area contributed by atoms with Gasteiger partial charge in [-0.1, -0.05) is 60.7 Å². The van der Waals surface area contributed by atoms with E-state index >= 15 is 0 Å². The van der Waals surface area contributed by atoms with E-state index in [-0.39, 0.29) is 6.10 Å². The molecule has 0 aromatic heterocycles. The molecule has 0 amide bonds. The van der Waals surface area contributed by atoms with E-state index in [1.165, 1.54) is 27.1 Å². The van der Waals surface area contributed by atoms with E-state index in [0.29, 0.717) is 24.8 Å². The Labute approximate surface area is 183 Å². The number of para-hydroxylation sites is 1. The fraction of sp³-hybridized carbons (Fsp3) is 0.308. The van der Waals surface area contributed by atoms with Crippen LogP contribution in [-0.4, -0.2) is 30.1 Å². The van der Waals surface area contributed by atoms with Gasteiger partial charge >= 0.3 is 0 Å². The maximum Gasteiger partial charge on any atom is 0.123 e. The van der Waals surface area contributed by atoms with Crippen LogP contribution >= 0.6 is 11.8 Å². The number of aryl methyl sites for hydroxylation is 1. The zero-order valence-corrected chi connectivity index (χ0v) is 18.2. The standard InChI is InChI=1S/C26H29NO2S/c1-19-8-2-7-13-26(19)30-18-21(28)16-27-15-14-23-22-10-4-3-9-20(22)17-29-25-12-6-5-11-24(23)25/h2-13,21,23,27-28H,14-18H2,1H3. The van der Waals surface area contributed by atoms with E-state index < -0.39 is 0 Å². The third-order valence-corrected chi connectivity index (χ3v) is 6.94. The van der Waals surface area contributed by atoms with Crippen LogP contribution in [0, 0.1) is 6.92 Å². The molecule has 0 spiro atoms. The lowest BCUT2D eigenvalue weighted by Gasteiger charge is -2.20. The SMILES string of the molecule is Cc1ccccc1SCC(O)CNCCC1c2ccccc2COc2ccccc21. The van der Waals surface area contributed by atoms with Crippen molar-refractivity contribution >= 4 is 11.8 Å². The molecule has 30 heavy (non-hydrogen) atoms. The van der Waals surface area contributed by atoms with Gasteiger partial charge in [0.2, 0.25) is 0 Å². The van der Waals surface area contributed by atoms with Crippen molar-refractivity contribution < 1.29 is 9.84 Å². The third-order valence-electron chi connectivity index (χ3n) is 5.62. The van der Waals surface area contributed by atoms with Crippen molar-refractivity contribution in [1.82, 2.24) is 5.32 Å². The Morgan fingerprint density at radius 2 is 1.73 bits per heavy atom. The predicted octanol–water partition coefficient (Wildman–Crippen LogP) is 5.15. The second-order valence-corrected chi connectivity index (χ2v) is 8.86. The van der Waals surface area contributed by atoms with E-state index in [1.54, 1.807) is 11.8 Å². The summed E-state index contributed by atoms with van der Waals surface area (Å²) < 4.78 is 6.07. The molecule has 0 saturated carbocycles. The predicted molar refractivity (Wildman–Crippen MR) is 124 cm³/mol. The summed E-state index contributed by atoms with van der Waals surface area (Å²) in [6, 6.07) is 25.3. The number of fused-ring (bicyclic) bond motifs is 2. The zero-order chi connectivity index (χ0) is 20.8. The highest BCUT2D eigenvalue weighted by Gasteiger charge is 2.23. The summed E-state index contributed by atoms with van der Waals surface area (Å²) in [5.74, 6) is 1.97. The Hall–Kier alpha value is -2.27. The van der Waals surface area contributed by atoms with Gasteiger partial charge in [0.1, 0.15) is 12.4 Å². The first-order valence-electron chi connectivity index (χ1n) is 10.6. The van der Waals surface area contributed by atoms with Crippen LogP contribution in [0.1, 0.15) is 34.6 Å². The molecule has 2 N–H and O–H groups in total. The normalized spacial score (nSPS) is 16.1. The Bertz CT molecular complexity index is 927. The average Bonchev–Trinajstić information content (AvgIpc) is 2.93. The van der Waals surface area contributed by atoms with Crippen molar-refractivity contribution in [2.24, 2.45) is 0 Å². The lowest BCUT2D eigenvalue weighted by atomic mass is 9.86. The van der Waals surface area contributed by atoms with Crippen molar-refractivity contribution in [1.29, 1.82) is 0 Å². The summed E-state index contributed by atoms with van der Waals surface area (Å²) >= 11 is 1.72. The first kappa shape index (κ1) is 21.0. The van der Waals surface area contributed by atoms with Crippen LogP contribution in [0.2, 0.25) is 0 Å². The van der Waals surface area contributed by atoms with Gasteiger partial charge in [-0.15, -0.1) is 11.8 Å². The van der Waals surface area contributed by atoms with Gasteiger partial charge in [0, 0.05) is 28.7 Å². The first-order valence-corrected chi connectivity index (χ1v) is 11.6. The number of hydrogen-bond acceptors (Lipinski definition) is 4. The highest BCUT2D eigenvalue weighted by atomic mass is 32.2. The summed E-state index contributed by atoms with van der Waals surface area (Å²) in [4.78, 5) is 1.24. The highest BCUT2D eigenvalue weighted by molar-refractivity contribution is 7.99. The first-order chi connectivity index (χ1) is 14.7. The number of ether oxygens (including phenoxy) is 1. The molecular formula is C26H29NO2S. The molecule has 0 saturated heterocycles. The fourth-order valence-corrected chi connectivity index (χ4v) is 4.98. The number of hydrogen-bond donors (Lipinski definition) is 2.